The summed E-state index contributed by atoms with van der Waals surface area (Å²) in [7, 11) is 0. The van der Waals surface area contributed by atoms with E-state index in [2.05, 4.69) is 10.9 Å². The summed E-state index contributed by atoms with van der Waals surface area (Å²) in [5.41, 5.74) is 5.78. The van der Waals surface area contributed by atoms with Crippen molar-refractivity contribution < 1.29 is 9.59 Å². The molecule has 2 aromatic rings. The molecule has 0 radical (unpaired) electrons. The topological polar surface area (TPSA) is 58.2 Å². The van der Waals surface area contributed by atoms with Gasteiger partial charge in [-0.2, -0.15) is 0 Å². The molecule has 126 valence electrons. The molecule has 0 aromatic heterocycles. The predicted molar refractivity (Wildman–Crippen MR) is 99.7 cm³/mol. The standard InChI is InChI=1S/C16H13Cl3N2O2S/c17-11-5-6-14(19)12(7-11)16(23)21-20-15(22)9-24-8-10-3-1-2-4-13(10)18/h1-7H,8-9H2,(H,20,22)(H,21,23). The third kappa shape index (κ3) is 5.60. The van der Waals surface area contributed by atoms with Crippen LogP contribution >= 0.6 is 46.6 Å². The summed E-state index contributed by atoms with van der Waals surface area (Å²) in [4.78, 5) is 23.7. The van der Waals surface area contributed by atoms with Crippen molar-refractivity contribution >= 4 is 58.4 Å². The lowest BCUT2D eigenvalue weighted by Gasteiger charge is -2.09. The summed E-state index contributed by atoms with van der Waals surface area (Å²) in [5.74, 6) is -0.0961. The van der Waals surface area contributed by atoms with E-state index >= 15 is 0 Å². The highest BCUT2D eigenvalue weighted by Gasteiger charge is 2.12. The summed E-state index contributed by atoms with van der Waals surface area (Å²) in [6.07, 6.45) is 0. The third-order valence-electron chi connectivity index (χ3n) is 2.94. The maximum Gasteiger partial charge on any atom is 0.271 e. The van der Waals surface area contributed by atoms with Crippen molar-refractivity contribution in [1.82, 2.24) is 10.9 Å². The van der Waals surface area contributed by atoms with E-state index in [0.717, 1.165) is 5.56 Å². The second-order valence-electron chi connectivity index (χ2n) is 4.71. The van der Waals surface area contributed by atoms with Crippen LogP contribution in [-0.2, 0) is 10.5 Å². The monoisotopic (exact) mass is 402 g/mol. The summed E-state index contributed by atoms with van der Waals surface area (Å²) in [6.45, 7) is 0. The molecule has 0 saturated heterocycles. The Morgan fingerprint density at radius 2 is 1.71 bits per heavy atom. The van der Waals surface area contributed by atoms with Crippen molar-refractivity contribution in [3.8, 4) is 0 Å². The summed E-state index contributed by atoms with van der Waals surface area (Å²) >= 11 is 19.2. The molecule has 0 atom stereocenters. The van der Waals surface area contributed by atoms with Gasteiger partial charge in [-0.3, -0.25) is 20.4 Å². The minimum Gasteiger partial charge on any atom is -0.272 e. The van der Waals surface area contributed by atoms with Gasteiger partial charge < -0.3 is 0 Å². The van der Waals surface area contributed by atoms with Crippen molar-refractivity contribution in [1.29, 1.82) is 0 Å². The number of carbonyl (C=O) groups is 2. The lowest BCUT2D eigenvalue weighted by molar-refractivity contribution is -0.119. The van der Waals surface area contributed by atoms with Gasteiger partial charge in [0, 0.05) is 15.8 Å². The second-order valence-corrected chi connectivity index (χ2v) is 6.95. The maximum absolute atomic E-state index is 12.0. The van der Waals surface area contributed by atoms with Crippen molar-refractivity contribution in [2.75, 3.05) is 5.75 Å². The quantitative estimate of drug-likeness (QED) is 0.730. The maximum atomic E-state index is 12.0. The first-order valence-corrected chi connectivity index (χ1v) is 9.11. The first-order chi connectivity index (χ1) is 11.5. The van der Waals surface area contributed by atoms with Gasteiger partial charge in [-0.1, -0.05) is 53.0 Å². The SMILES string of the molecule is O=C(CSCc1ccccc1Cl)NNC(=O)c1cc(Cl)ccc1Cl. The van der Waals surface area contributed by atoms with Crippen LogP contribution in [0.4, 0.5) is 0 Å². The average molecular weight is 404 g/mol. The largest absolute Gasteiger partial charge is 0.272 e. The highest BCUT2D eigenvalue weighted by Crippen LogP contribution is 2.21. The van der Waals surface area contributed by atoms with Crippen molar-refractivity contribution in [2.45, 2.75) is 5.75 Å². The molecular formula is C16H13Cl3N2O2S. The number of rotatable bonds is 5. The number of benzene rings is 2. The number of halogens is 3. The van der Waals surface area contributed by atoms with E-state index in [1.807, 2.05) is 18.2 Å². The molecule has 0 unspecified atom stereocenters. The highest BCUT2D eigenvalue weighted by atomic mass is 35.5. The molecule has 24 heavy (non-hydrogen) atoms. The number of hydrogen-bond donors (Lipinski definition) is 2. The van der Waals surface area contributed by atoms with Crippen LogP contribution in [0, 0.1) is 0 Å². The fourth-order valence-electron chi connectivity index (χ4n) is 1.77. The molecule has 2 amide bonds. The number of carbonyl (C=O) groups excluding carboxylic acids is 2. The molecule has 2 aromatic carbocycles. The zero-order valence-corrected chi connectivity index (χ0v) is 15.4. The van der Waals surface area contributed by atoms with Gasteiger partial charge in [0.15, 0.2) is 0 Å². The summed E-state index contributed by atoms with van der Waals surface area (Å²) in [5, 5.41) is 1.29. The van der Waals surface area contributed by atoms with E-state index in [0.29, 0.717) is 15.8 Å². The average Bonchev–Trinajstić information content (AvgIpc) is 2.56. The van der Waals surface area contributed by atoms with Gasteiger partial charge >= 0.3 is 0 Å². The molecule has 0 spiro atoms. The lowest BCUT2D eigenvalue weighted by Crippen LogP contribution is -2.42. The molecule has 2 rings (SSSR count). The van der Waals surface area contributed by atoms with Crippen LogP contribution in [0.2, 0.25) is 15.1 Å². The first kappa shape index (κ1) is 18.9. The van der Waals surface area contributed by atoms with Gasteiger partial charge in [0.25, 0.3) is 5.91 Å². The van der Waals surface area contributed by atoms with Crippen LogP contribution in [0.5, 0.6) is 0 Å². The van der Waals surface area contributed by atoms with E-state index in [9.17, 15) is 9.59 Å². The number of hydrazine groups is 1. The Morgan fingerprint density at radius 1 is 0.958 bits per heavy atom. The number of hydrogen-bond acceptors (Lipinski definition) is 3. The lowest BCUT2D eigenvalue weighted by atomic mass is 10.2. The van der Waals surface area contributed by atoms with E-state index in [1.54, 1.807) is 12.1 Å². The molecular weight excluding hydrogens is 391 g/mol. The van der Waals surface area contributed by atoms with Crippen molar-refractivity contribution in [3.63, 3.8) is 0 Å². The Morgan fingerprint density at radius 3 is 2.46 bits per heavy atom. The van der Waals surface area contributed by atoms with Gasteiger partial charge in [-0.15, -0.1) is 11.8 Å². The van der Waals surface area contributed by atoms with E-state index in [1.165, 1.54) is 23.9 Å². The molecule has 0 aliphatic rings. The molecule has 4 nitrogen and oxygen atoms in total. The van der Waals surface area contributed by atoms with Crippen molar-refractivity contribution in [3.05, 3.63) is 68.7 Å². The minimum atomic E-state index is -0.535. The Balaban J connectivity index is 1.78. The Labute approximate surface area is 158 Å². The van der Waals surface area contributed by atoms with E-state index in [4.69, 9.17) is 34.8 Å². The molecule has 0 saturated carbocycles. The summed E-state index contributed by atoms with van der Waals surface area (Å²) in [6, 6.07) is 11.9. The van der Waals surface area contributed by atoms with Crippen LogP contribution in [0.1, 0.15) is 15.9 Å². The molecule has 0 heterocycles. The smallest absolute Gasteiger partial charge is 0.271 e. The zero-order valence-electron chi connectivity index (χ0n) is 12.3. The fraction of sp³-hybridized carbons (Fsp3) is 0.125. The minimum absolute atomic E-state index is 0.175. The Bertz CT molecular complexity index is 756. The fourth-order valence-corrected chi connectivity index (χ4v) is 3.26. The van der Waals surface area contributed by atoms with Crippen LogP contribution in [-0.4, -0.2) is 17.6 Å². The van der Waals surface area contributed by atoms with Crippen LogP contribution in [0.15, 0.2) is 42.5 Å². The van der Waals surface area contributed by atoms with Crippen LogP contribution in [0.3, 0.4) is 0 Å². The van der Waals surface area contributed by atoms with Gasteiger partial charge in [-0.05, 0) is 29.8 Å². The van der Waals surface area contributed by atoms with E-state index < -0.39 is 5.91 Å². The van der Waals surface area contributed by atoms with Gasteiger partial charge in [0.1, 0.15) is 0 Å². The Kier molecular flexibility index (Phi) is 7.24. The molecule has 0 aliphatic carbocycles. The van der Waals surface area contributed by atoms with Crippen molar-refractivity contribution in [2.24, 2.45) is 0 Å². The summed E-state index contributed by atoms with van der Waals surface area (Å²) < 4.78 is 0. The molecule has 8 heteroatoms. The molecule has 0 bridgehead atoms. The van der Waals surface area contributed by atoms with E-state index in [-0.39, 0.29) is 22.2 Å². The normalized spacial score (nSPS) is 10.3. The van der Waals surface area contributed by atoms with Crippen LogP contribution in [0.25, 0.3) is 0 Å². The molecule has 2 N–H and O–H groups in total. The number of amides is 2. The highest BCUT2D eigenvalue weighted by molar-refractivity contribution is 7.99. The zero-order chi connectivity index (χ0) is 17.5. The molecule has 0 aliphatic heterocycles. The second kappa shape index (κ2) is 9.18. The van der Waals surface area contributed by atoms with Crippen LogP contribution < -0.4 is 10.9 Å². The Hall–Kier alpha value is -1.40. The third-order valence-corrected chi connectivity index (χ3v) is 4.85. The van der Waals surface area contributed by atoms with Gasteiger partial charge in [0.05, 0.1) is 16.3 Å². The van der Waals surface area contributed by atoms with Gasteiger partial charge in [-0.25, -0.2) is 0 Å². The number of nitrogens with one attached hydrogen (secondary N) is 2. The number of thioether (sulfide) groups is 1. The van der Waals surface area contributed by atoms with Gasteiger partial charge in [0.2, 0.25) is 5.91 Å². The predicted octanol–water partition coefficient (Wildman–Crippen LogP) is 4.34. The molecule has 0 fully saturated rings. The first-order valence-electron chi connectivity index (χ1n) is 6.83.